The van der Waals surface area contributed by atoms with E-state index in [0.29, 0.717) is 10.9 Å². The van der Waals surface area contributed by atoms with E-state index in [2.05, 4.69) is 10.3 Å². The maximum atomic E-state index is 11.9. The SMILES string of the molecule is Cc1ccc2nc(NC(=O)COC(=O)COc3ccccc3)sc2c1. The van der Waals surface area contributed by atoms with E-state index in [1.807, 2.05) is 31.2 Å². The van der Waals surface area contributed by atoms with Crippen molar-refractivity contribution in [2.75, 3.05) is 18.5 Å². The normalized spacial score (nSPS) is 10.4. The van der Waals surface area contributed by atoms with Crippen molar-refractivity contribution >= 4 is 38.6 Å². The number of anilines is 1. The summed E-state index contributed by atoms with van der Waals surface area (Å²) in [7, 11) is 0. The summed E-state index contributed by atoms with van der Waals surface area (Å²) in [6, 6.07) is 14.8. The average molecular weight is 356 g/mol. The van der Waals surface area contributed by atoms with Crippen molar-refractivity contribution in [1.82, 2.24) is 4.98 Å². The lowest BCUT2D eigenvalue weighted by atomic mass is 10.2. The number of thiazole rings is 1. The van der Waals surface area contributed by atoms with Gasteiger partial charge >= 0.3 is 5.97 Å². The number of hydrogen-bond acceptors (Lipinski definition) is 6. The second kappa shape index (κ2) is 7.76. The Morgan fingerprint density at radius 3 is 2.72 bits per heavy atom. The van der Waals surface area contributed by atoms with Crippen LogP contribution in [0.2, 0.25) is 0 Å². The van der Waals surface area contributed by atoms with Crippen molar-refractivity contribution in [3.63, 3.8) is 0 Å². The minimum absolute atomic E-state index is 0.252. The summed E-state index contributed by atoms with van der Waals surface area (Å²) in [5.41, 5.74) is 1.94. The number of ether oxygens (including phenoxy) is 2. The van der Waals surface area contributed by atoms with Gasteiger partial charge in [0.05, 0.1) is 10.2 Å². The van der Waals surface area contributed by atoms with Crippen LogP contribution >= 0.6 is 11.3 Å². The molecule has 6 nitrogen and oxygen atoms in total. The Bertz CT molecular complexity index is 892. The molecule has 0 spiro atoms. The second-order valence-corrected chi connectivity index (χ2v) is 6.33. The van der Waals surface area contributed by atoms with Gasteiger partial charge in [0.25, 0.3) is 5.91 Å². The number of hydrogen-bond donors (Lipinski definition) is 1. The molecule has 1 aromatic heterocycles. The van der Waals surface area contributed by atoms with Gasteiger partial charge in [0, 0.05) is 0 Å². The minimum Gasteiger partial charge on any atom is -0.482 e. The molecule has 0 fully saturated rings. The molecule has 128 valence electrons. The summed E-state index contributed by atoms with van der Waals surface area (Å²) < 4.78 is 11.1. The highest BCUT2D eigenvalue weighted by Crippen LogP contribution is 2.26. The van der Waals surface area contributed by atoms with Crippen molar-refractivity contribution in [3.8, 4) is 5.75 Å². The molecule has 0 unspecified atom stereocenters. The molecule has 0 saturated carbocycles. The highest BCUT2D eigenvalue weighted by atomic mass is 32.1. The first-order chi connectivity index (χ1) is 12.1. The number of aromatic nitrogens is 1. The molecule has 1 amide bonds. The zero-order chi connectivity index (χ0) is 17.6. The topological polar surface area (TPSA) is 77.5 Å². The van der Waals surface area contributed by atoms with Gasteiger partial charge in [-0.2, -0.15) is 0 Å². The lowest BCUT2D eigenvalue weighted by Crippen LogP contribution is -2.23. The minimum atomic E-state index is -0.612. The van der Waals surface area contributed by atoms with Crippen LogP contribution in [0, 0.1) is 6.92 Å². The van der Waals surface area contributed by atoms with Gasteiger partial charge in [0.2, 0.25) is 0 Å². The fourth-order valence-electron chi connectivity index (χ4n) is 2.09. The number of carbonyl (C=O) groups excluding carboxylic acids is 2. The molecule has 0 bridgehead atoms. The molecule has 2 aromatic carbocycles. The van der Waals surface area contributed by atoms with Crippen molar-refractivity contribution in [2.45, 2.75) is 6.92 Å². The molecule has 1 heterocycles. The first kappa shape index (κ1) is 16.9. The Morgan fingerprint density at radius 1 is 1.12 bits per heavy atom. The van der Waals surface area contributed by atoms with E-state index in [1.165, 1.54) is 11.3 Å². The van der Waals surface area contributed by atoms with Crippen molar-refractivity contribution in [1.29, 1.82) is 0 Å². The highest BCUT2D eigenvalue weighted by molar-refractivity contribution is 7.22. The lowest BCUT2D eigenvalue weighted by Gasteiger charge is -2.06. The molecule has 1 N–H and O–H groups in total. The number of rotatable bonds is 6. The monoisotopic (exact) mass is 356 g/mol. The van der Waals surface area contributed by atoms with Crippen molar-refractivity contribution in [3.05, 3.63) is 54.1 Å². The smallest absolute Gasteiger partial charge is 0.344 e. The Labute approximate surface area is 148 Å². The van der Waals surface area contributed by atoms with E-state index in [0.717, 1.165) is 15.8 Å². The summed E-state index contributed by atoms with van der Waals surface area (Å²) in [5.74, 6) is -0.489. The first-order valence-electron chi connectivity index (χ1n) is 7.61. The third-order valence-corrected chi connectivity index (χ3v) is 4.19. The van der Waals surface area contributed by atoms with Gasteiger partial charge in [-0.05, 0) is 36.8 Å². The number of carbonyl (C=O) groups is 2. The lowest BCUT2D eigenvalue weighted by molar-refractivity contribution is -0.149. The van der Waals surface area contributed by atoms with Crippen LogP contribution in [-0.2, 0) is 14.3 Å². The van der Waals surface area contributed by atoms with E-state index in [-0.39, 0.29) is 13.2 Å². The molecule has 3 rings (SSSR count). The van der Waals surface area contributed by atoms with Crippen LogP contribution < -0.4 is 10.1 Å². The van der Waals surface area contributed by atoms with E-state index >= 15 is 0 Å². The Hall–Kier alpha value is -2.93. The maximum Gasteiger partial charge on any atom is 0.344 e. The van der Waals surface area contributed by atoms with Gasteiger partial charge in [-0.25, -0.2) is 9.78 Å². The number of nitrogens with zero attached hydrogens (tertiary/aromatic N) is 1. The van der Waals surface area contributed by atoms with Gasteiger partial charge in [-0.3, -0.25) is 10.1 Å². The molecule has 7 heteroatoms. The molecule has 0 radical (unpaired) electrons. The van der Waals surface area contributed by atoms with Gasteiger partial charge in [-0.15, -0.1) is 0 Å². The van der Waals surface area contributed by atoms with E-state index in [9.17, 15) is 9.59 Å². The van der Waals surface area contributed by atoms with Crippen LogP contribution in [0.5, 0.6) is 5.75 Å². The zero-order valence-corrected chi connectivity index (χ0v) is 14.3. The van der Waals surface area contributed by atoms with Crippen LogP contribution in [0.3, 0.4) is 0 Å². The van der Waals surface area contributed by atoms with E-state index in [4.69, 9.17) is 9.47 Å². The molecule has 25 heavy (non-hydrogen) atoms. The third kappa shape index (κ3) is 4.77. The van der Waals surface area contributed by atoms with Crippen LogP contribution in [0.15, 0.2) is 48.5 Å². The molecule has 0 atom stereocenters. The molecular formula is C18H16N2O4S. The Kier molecular flexibility index (Phi) is 5.25. The van der Waals surface area contributed by atoms with E-state index in [1.54, 1.807) is 24.3 Å². The van der Waals surface area contributed by atoms with E-state index < -0.39 is 11.9 Å². The standard InChI is InChI=1S/C18H16N2O4S/c1-12-7-8-14-15(9-12)25-18(19-14)20-16(21)10-24-17(22)11-23-13-5-3-2-4-6-13/h2-9H,10-11H2,1H3,(H,19,20,21). The van der Waals surface area contributed by atoms with Gasteiger partial charge in [0.15, 0.2) is 18.3 Å². The number of amides is 1. The predicted molar refractivity (Wildman–Crippen MR) is 95.9 cm³/mol. The first-order valence-corrected chi connectivity index (χ1v) is 8.42. The fraction of sp³-hybridized carbons (Fsp3) is 0.167. The Morgan fingerprint density at radius 2 is 1.92 bits per heavy atom. The number of para-hydroxylation sites is 1. The number of esters is 1. The van der Waals surface area contributed by atoms with Gasteiger partial charge < -0.3 is 9.47 Å². The molecule has 0 aliphatic heterocycles. The third-order valence-electron chi connectivity index (χ3n) is 3.25. The van der Waals surface area contributed by atoms with Crippen molar-refractivity contribution < 1.29 is 19.1 Å². The molecular weight excluding hydrogens is 340 g/mol. The predicted octanol–water partition coefficient (Wildman–Crippen LogP) is 3.17. The van der Waals surface area contributed by atoms with Gasteiger partial charge in [-0.1, -0.05) is 35.6 Å². The maximum absolute atomic E-state index is 11.9. The van der Waals surface area contributed by atoms with Gasteiger partial charge in [0.1, 0.15) is 5.75 Å². The summed E-state index contributed by atoms with van der Waals surface area (Å²) in [6.45, 7) is 1.36. The van der Waals surface area contributed by atoms with Crippen molar-refractivity contribution in [2.24, 2.45) is 0 Å². The molecule has 0 aliphatic rings. The highest BCUT2D eigenvalue weighted by Gasteiger charge is 2.11. The molecule has 0 saturated heterocycles. The summed E-state index contributed by atoms with van der Waals surface area (Å²) in [5, 5.41) is 3.10. The largest absolute Gasteiger partial charge is 0.482 e. The van der Waals surface area contributed by atoms with Crippen LogP contribution in [0.1, 0.15) is 5.56 Å². The molecule has 3 aromatic rings. The van der Waals surface area contributed by atoms with Crippen LogP contribution in [-0.4, -0.2) is 30.1 Å². The van der Waals surface area contributed by atoms with Crippen LogP contribution in [0.25, 0.3) is 10.2 Å². The number of fused-ring (bicyclic) bond motifs is 1. The summed E-state index contributed by atoms with van der Waals surface area (Å²) >= 11 is 1.37. The quantitative estimate of drug-likeness (QED) is 0.687. The Balaban J connectivity index is 1.46. The zero-order valence-electron chi connectivity index (χ0n) is 13.5. The fourth-order valence-corrected chi connectivity index (χ4v) is 3.07. The number of aryl methyl sites for hydroxylation is 1. The average Bonchev–Trinajstić information content (AvgIpc) is 3.00. The summed E-state index contributed by atoms with van der Waals surface area (Å²) in [6.07, 6.45) is 0. The number of benzene rings is 2. The van der Waals surface area contributed by atoms with Crippen LogP contribution in [0.4, 0.5) is 5.13 Å². The second-order valence-electron chi connectivity index (χ2n) is 5.30. The molecule has 0 aliphatic carbocycles. The number of nitrogens with one attached hydrogen (secondary N) is 1. The summed E-state index contributed by atoms with van der Waals surface area (Å²) in [4.78, 5) is 27.8.